The largest absolute Gasteiger partial charge is 0.480 e. The van der Waals surface area contributed by atoms with Gasteiger partial charge in [-0.1, -0.05) is 32.9 Å². The molecule has 6 heteroatoms. The third-order valence-corrected chi connectivity index (χ3v) is 5.03. The van der Waals surface area contributed by atoms with Crippen molar-refractivity contribution in [3.05, 3.63) is 29.8 Å². The predicted molar refractivity (Wildman–Crippen MR) is 75.6 cm³/mol. The maximum absolute atomic E-state index is 12.3. The number of methoxy groups -OCH3 is 1. The molecule has 1 N–H and O–H groups in total. The first-order chi connectivity index (χ1) is 9.10. The Bertz CT molecular complexity index is 567. The Morgan fingerprint density at radius 3 is 2.10 bits per heavy atom. The topological polar surface area (TPSA) is 80.7 Å². The van der Waals surface area contributed by atoms with Crippen molar-refractivity contribution in [3.8, 4) is 0 Å². The fraction of sp³-hybridized carbons (Fsp3) is 0.500. The Morgan fingerprint density at radius 2 is 1.75 bits per heavy atom. The van der Waals surface area contributed by atoms with Crippen LogP contribution in [0.1, 0.15) is 26.3 Å². The lowest BCUT2D eigenvalue weighted by atomic mass is 9.87. The van der Waals surface area contributed by atoms with Gasteiger partial charge in [-0.25, -0.2) is 8.42 Å². The average Bonchev–Trinajstić information content (AvgIpc) is 2.34. The Morgan fingerprint density at radius 1 is 1.25 bits per heavy atom. The maximum Gasteiger partial charge on any atom is 0.324 e. The number of hydrogen-bond acceptors (Lipinski definition) is 4. The number of ether oxygens (including phenoxy) is 1. The standard InChI is InChI=1S/C14H20O5S/c1-14(2,3)10-5-7-11(8-6-10)20(17,18)12(9-19-4)13(15)16/h5-8,12H,9H2,1-4H3,(H,15,16). The molecule has 5 nitrogen and oxygen atoms in total. The van der Waals surface area contributed by atoms with Gasteiger partial charge in [-0.05, 0) is 23.1 Å². The molecule has 0 radical (unpaired) electrons. The fourth-order valence-electron chi connectivity index (χ4n) is 1.75. The maximum atomic E-state index is 12.3. The average molecular weight is 300 g/mol. The highest BCUT2D eigenvalue weighted by Gasteiger charge is 2.34. The van der Waals surface area contributed by atoms with Crippen LogP contribution >= 0.6 is 0 Å². The lowest BCUT2D eigenvalue weighted by molar-refractivity contribution is -0.137. The molecule has 1 unspecified atom stereocenters. The van der Waals surface area contributed by atoms with Crippen molar-refractivity contribution in [1.82, 2.24) is 0 Å². The van der Waals surface area contributed by atoms with Crippen LogP contribution in [0.4, 0.5) is 0 Å². The quantitative estimate of drug-likeness (QED) is 0.897. The van der Waals surface area contributed by atoms with E-state index in [-0.39, 0.29) is 16.9 Å². The fourth-order valence-corrected chi connectivity index (χ4v) is 3.18. The summed E-state index contributed by atoms with van der Waals surface area (Å²) in [6.07, 6.45) is 0. The second kappa shape index (κ2) is 5.93. The number of carboxylic acids is 1. The smallest absolute Gasteiger partial charge is 0.324 e. The third-order valence-electron chi connectivity index (χ3n) is 3.02. The van der Waals surface area contributed by atoms with Crippen molar-refractivity contribution < 1.29 is 23.1 Å². The van der Waals surface area contributed by atoms with E-state index in [1.807, 2.05) is 20.8 Å². The van der Waals surface area contributed by atoms with Crippen LogP contribution in [-0.4, -0.2) is 38.5 Å². The van der Waals surface area contributed by atoms with Crippen LogP contribution in [0.5, 0.6) is 0 Å². The van der Waals surface area contributed by atoms with E-state index in [4.69, 9.17) is 9.84 Å². The zero-order valence-corrected chi connectivity index (χ0v) is 12.9. The van der Waals surface area contributed by atoms with Crippen LogP contribution in [0.25, 0.3) is 0 Å². The first kappa shape index (κ1) is 16.7. The minimum Gasteiger partial charge on any atom is -0.480 e. The number of sulfone groups is 1. The van der Waals surface area contributed by atoms with E-state index in [1.165, 1.54) is 19.2 Å². The molecule has 1 rings (SSSR count). The van der Waals surface area contributed by atoms with Gasteiger partial charge >= 0.3 is 5.97 Å². The number of carbonyl (C=O) groups is 1. The van der Waals surface area contributed by atoms with Gasteiger partial charge < -0.3 is 9.84 Å². The highest BCUT2D eigenvalue weighted by Crippen LogP contribution is 2.25. The molecule has 0 aliphatic rings. The van der Waals surface area contributed by atoms with Crippen molar-refractivity contribution >= 4 is 15.8 Å². The lowest BCUT2D eigenvalue weighted by Gasteiger charge is -2.19. The number of aliphatic carboxylic acids is 1. The zero-order valence-electron chi connectivity index (χ0n) is 12.1. The number of hydrogen-bond donors (Lipinski definition) is 1. The van der Waals surface area contributed by atoms with Crippen LogP contribution in [-0.2, 0) is 24.8 Å². The molecule has 20 heavy (non-hydrogen) atoms. The van der Waals surface area contributed by atoms with Crippen molar-refractivity contribution in [1.29, 1.82) is 0 Å². The summed E-state index contributed by atoms with van der Waals surface area (Å²) in [5.74, 6) is -1.41. The first-order valence-electron chi connectivity index (χ1n) is 6.17. The molecule has 0 fully saturated rings. The summed E-state index contributed by atoms with van der Waals surface area (Å²) >= 11 is 0. The molecule has 0 amide bonds. The van der Waals surface area contributed by atoms with Gasteiger partial charge in [0.1, 0.15) is 0 Å². The van der Waals surface area contributed by atoms with E-state index < -0.39 is 21.1 Å². The summed E-state index contributed by atoms with van der Waals surface area (Å²) < 4.78 is 29.2. The van der Waals surface area contributed by atoms with E-state index in [0.717, 1.165) is 5.56 Å². The van der Waals surface area contributed by atoms with Gasteiger partial charge in [-0.15, -0.1) is 0 Å². The Kier molecular flexibility index (Phi) is 4.94. The van der Waals surface area contributed by atoms with Gasteiger partial charge in [0.25, 0.3) is 0 Å². The number of rotatable bonds is 5. The summed E-state index contributed by atoms with van der Waals surface area (Å²) in [7, 11) is -2.68. The van der Waals surface area contributed by atoms with E-state index in [9.17, 15) is 13.2 Å². The molecule has 0 saturated carbocycles. The van der Waals surface area contributed by atoms with Gasteiger partial charge in [-0.2, -0.15) is 0 Å². The summed E-state index contributed by atoms with van der Waals surface area (Å²) in [6, 6.07) is 6.31. The molecular formula is C14H20O5S. The van der Waals surface area contributed by atoms with Crippen molar-refractivity contribution in [2.45, 2.75) is 36.3 Å². The summed E-state index contributed by atoms with van der Waals surface area (Å²) in [4.78, 5) is 11.1. The minimum absolute atomic E-state index is 0.00468. The van der Waals surface area contributed by atoms with Crippen LogP contribution in [0.2, 0.25) is 0 Å². The Balaban J connectivity index is 3.19. The highest BCUT2D eigenvalue weighted by molar-refractivity contribution is 7.92. The minimum atomic E-state index is -3.95. The van der Waals surface area contributed by atoms with Gasteiger partial charge in [-0.3, -0.25) is 4.79 Å². The molecule has 1 atom stereocenters. The van der Waals surface area contributed by atoms with Gasteiger partial charge in [0.05, 0.1) is 11.5 Å². The van der Waals surface area contributed by atoms with Crippen molar-refractivity contribution in [2.24, 2.45) is 0 Å². The van der Waals surface area contributed by atoms with Crippen molar-refractivity contribution in [2.75, 3.05) is 13.7 Å². The predicted octanol–water partition coefficient (Wildman–Crippen LogP) is 1.86. The van der Waals surface area contributed by atoms with E-state index in [0.29, 0.717) is 0 Å². The second-order valence-corrected chi connectivity index (χ2v) is 7.73. The van der Waals surface area contributed by atoms with Crippen LogP contribution < -0.4 is 0 Å². The summed E-state index contributed by atoms with van der Waals surface area (Å²) in [5, 5.41) is 7.44. The summed E-state index contributed by atoms with van der Waals surface area (Å²) in [5.41, 5.74) is 0.885. The zero-order chi connectivity index (χ0) is 15.6. The van der Waals surface area contributed by atoms with Gasteiger partial charge in [0.2, 0.25) is 0 Å². The number of benzene rings is 1. The van der Waals surface area contributed by atoms with E-state index in [1.54, 1.807) is 12.1 Å². The van der Waals surface area contributed by atoms with Crippen LogP contribution in [0, 0.1) is 0 Å². The van der Waals surface area contributed by atoms with Gasteiger partial charge in [0, 0.05) is 7.11 Å². The Hall–Kier alpha value is -1.40. The molecule has 0 spiro atoms. The van der Waals surface area contributed by atoms with Crippen LogP contribution in [0.15, 0.2) is 29.2 Å². The van der Waals surface area contributed by atoms with Gasteiger partial charge in [0.15, 0.2) is 15.1 Å². The first-order valence-corrected chi connectivity index (χ1v) is 7.71. The SMILES string of the molecule is COCC(C(=O)O)S(=O)(=O)c1ccc(C(C)(C)C)cc1. The molecule has 0 aliphatic heterocycles. The highest BCUT2D eigenvalue weighted by atomic mass is 32.2. The van der Waals surface area contributed by atoms with Crippen molar-refractivity contribution in [3.63, 3.8) is 0 Å². The monoisotopic (exact) mass is 300 g/mol. The normalized spacial score (nSPS) is 14.0. The molecular weight excluding hydrogens is 280 g/mol. The lowest BCUT2D eigenvalue weighted by Crippen LogP contribution is -2.34. The van der Waals surface area contributed by atoms with Crippen LogP contribution in [0.3, 0.4) is 0 Å². The number of carboxylic acid groups (broad SMARTS) is 1. The molecule has 0 heterocycles. The second-order valence-electron chi connectivity index (χ2n) is 5.60. The molecule has 1 aromatic rings. The molecule has 0 bridgehead atoms. The molecule has 0 aromatic heterocycles. The molecule has 112 valence electrons. The van der Waals surface area contributed by atoms with E-state index in [2.05, 4.69) is 0 Å². The molecule has 0 saturated heterocycles. The third kappa shape index (κ3) is 3.58. The van der Waals surface area contributed by atoms with E-state index >= 15 is 0 Å². The molecule has 1 aromatic carbocycles. The Labute approximate surface area is 119 Å². The summed E-state index contributed by atoms with van der Waals surface area (Å²) in [6.45, 7) is 5.67. The molecule has 0 aliphatic carbocycles.